The summed E-state index contributed by atoms with van der Waals surface area (Å²) in [6.45, 7) is 10.1. The number of nitrogens with one attached hydrogen (secondary N) is 1. The van der Waals surface area contributed by atoms with Crippen LogP contribution in [0.4, 0.5) is 0 Å². The second-order valence-electron chi connectivity index (χ2n) is 7.88. The molecule has 0 saturated heterocycles. The Hall–Kier alpha value is -3.00. The number of amides is 2. The van der Waals surface area contributed by atoms with Crippen molar-refractivity contribution in [3.05, 3.63) is 59.2 Å². The standard InChI is InChI=1S/C24H29N3O4S/c1-15(2)21-11-6-16(3)14-22(21)31-13-12-30-20-9-7-19(8-10-20)23-27(18(5)29)26-24(32-23)25-17(4)28/h6-11,14-15,23H,12-13H2,1-5H3,(H,25,26,28)/t23-/m1/s1. The monoisotopic (exact) mass is 455 g/mol. The highest BCUT2D eigenvalue weighted by atomic mass is 32.2. The molecule has 32 heavy (non-hydrogen) atoms. The van der Waals surface area contributed by atoms with E-state index in [4.69, 9.17) is 9.47 Å². The summed E-state index contributed by atoms with van der Waals surface area (Å²) in [4.78, 5) is 23.3. The lowest BCUT2D eigenvalue weighted by Crippen LogP contribution is -2.25. The Morgan fingerprint density at radius 2 is 1.78 bits per heavy atom. The summed E-state index contributed by atoms with van der Waals surface area (Å²) in [5, 5.41) is 8.30. The van der Waals surface area contributed by atoms with E-state index >= 15 is 0 Å². The number of rotatable bonds is 7. The summed E-state index contributed by atoms with van der Waals surface area (Å²) in [6, 6.07) is 13.8. The van der Waals surface area contributed by atoms with Crippen molar-refractivity contribution < 1.29 is 19.1 Å². The average molecular weight is 456 g/mol. The minimum absolute atomic E-state index is 0.197. The van der Waals surface area contributed by atoms with E-state index in [9.17, 15) is 9.59 Å². The number of ether oxygens (including phenoxy) is 2. The fourth-order valence-corrected chi connectivity index (χ4v) is 4.40. The van der Waals surface area contributed by atoms with Crippen LogP contribution >= 0.6 is 11.8 Å². The molecule has 1 atom stereocenters. The van der Waals surface area contributed by atoms with Crippen LogP contribution in [0.3, 0.4) is 0 Å². The number of hydrogen-bond acceptors (Lipinski definition) is 6. The number of amidine groups is 1. The maximum Gasteiger partial charge on any atom is 0.241 e. The highest BCUT2D eigenvalue weighted by Gasteiger charge is 2.32. The summed E-state index contributed by atoms with van der Waals surface area (Å²) in [7, 11) is 0. The highest BCUT2D eigenvalue weighted by Crippen LogP contribution is 2.39. The molecular weight excluding hydrogens is 426 g/mol. The van der Waals surface area contributed by atoms with Gasteiger partial charge in [0.1, 0.15) is 30.1 Å². The first-order chi connectivity index (χ1) is 15.2. The van der Waals surface area contributed by atoms with Crippen molar-refractivity contribution in [1.82, 2.24) is 10.3 Å². The maximum atomic E-state index is 12.0. The van der Waals surface area contributed by atoms with Crippen LogP contribution in [0, 0.1) is 6.92 Å². The van der Waals surface area contributed by atoms with Gasteiger partial charge in [-0.2, -0.15) is 0 Å². The first-order valence-corrected chi connectivity index (χ1v) is 11.4. The molecule has 0 spiro atoms. The molecule has 0 unspecified atom stereocenters. The van der Waals surface area contributed by atoms with E-state index in [1.165, 1.54) is 36.2 Å². The first-order valence-electron chi connectivity index (χ1n) is 10.5. The predicted octanol–water partition coefficient (Wildman–Crippen LogP) is 4.58. The summed E-state index contributed by atoms with van der Waals surface area (Å²) in [6.07, 6.45) is 0. The van der Waals surface area contributed by atoms with Crippen LogP contribution in [0.2, 0.25) is 0 Å². The second kappa shape index (κ2) is 10.5. The van der Waals surface area contributed by atoms with Gasteiger partial charge in [0.15, 0.2) is 5.17 Å². The molecular formula is C24H29N3O4S. The first kappa shape index (κ1) is 23.7. The van der Waals surface area contributed by atoms with Crippen LogP contribution in [0.15, 0.2) is 47.6 Å². The normalized spacial score (nSPS) is 15.5. The molecule has 8 heteroatoms. The number of aryl methyl sites for hydroxylation is 1. The van der Waals surface area contributed by atoms with Gasteiger partial charge in [0, 0.05) is 13.8 Å². The van der Waals surface area contributed by atoms with Crippen molar-refractivity contribution in [3.8, 4) is 11.5 Å². The van der Waals surface area contributed by atoms with Crippen LogP contribution < -0.4 is 14.8 Å². The van der Waals surface area contributed by atoms with Gasteiger partial charge in [-0.05, 0) is 47.7 Å². The Kier molecular flexibility index (Phi) is 7.80. The van der Waals surface area contributed by atoms with Gasteiger partial charge < -0.3 is 14.8 Å². The largest absolute Gasteiger partial charge is 0.490 e. The molecule has 7 nitrogen and oxygen atoms in total. The number of carbonyl (C=O) groups is 2. The van der Waals surface area contributed by atoms with Crippen LogP contribution in [0.25, 0.3) is 0 Å². The number of carbonyl (C=O) groups excluding carboxylic acids is 2. The van der Waals surface area contributed by atoms with Gasteiger partial charge in [0.05, 0.1) is 0 Å². The van der Waals surface area contributed by atoms with Gasteiger partial charge >= 0.3 is 0 Å². The zero-order valence-electron chi connectivity index (χ0n) is 19.0. The lowest BCUT2D eigenvalue weighted by Gasteiger charge is -2.19. The molecule has 0 aliphatic carbocycles. The zero-order chi connectivity index (χ0) is 23.3. The molecule has 0 bridgehead atoms. The molecule has 1 N–H and O–H groups in total. The van der Waals surface area contributed by atoms with Crippen molar-refractivity contribution in [2.24, 2.45) is 5.10 Å². The van der Waals surface area contributed by atoms with Crippen LogP contribution in [-0.4, -0.2) is 35.2 Å². The molecule has 3 rings (SSSR count). The van der Waals surface area contributed by atoms with E-state index in [-0.39, 0.29) is 17.2 Å². The quantitative estimate of drug-likeness (QED) is 0.618. The molecule has 1 aliphatic heterocycles. The maximum absolute atomic E-state index is 12.0. The van der Waals surface area contributed by atoms with Crippen molar-refractivity contribution >= 4 is 28.7 Å². The smallest absolute Gasteiger partial charge is 0.241 e. The second-order valence-corrected chi connectivity index (χ2v) is 8.95. The molecule has 0 aromatic heterocycles. The number of thioether (sulfide) groups is 1. The van der Waals surface area contributed by atoms with Crippen molar-refractivity contribution in [3.63, 3.8) is 0 Å². The topological polar surface area (TPSA) is 80.2 Å². The zero-order valence-corrected chi connectivity index (χ0v) is 19.9. The molecule has 170 valence electrons. The lowest BCUT2D eigenvalue weighted by atomic mass is 10.0. The number of hydrogen-bond donors (Lipinski definition) is 1. The van der Waals surface area contributed by atoms with Crippen molar-refractivity contribution in [1.29, 1.82) is 0 Å². The van der Waals surface area contributed by atoms with Crippen LogP contribution in [-0.2, 0) is 9.59 Å². The van der Waals surface area contributed by atoms with Crippen LogP contribution in [0.1, 0.15) is 55.7 Å². The third-order valence-electron chi connectivity index (χ3n) is 4.82. The number of nitrogens with zero attached hydrogens (tertiary/aromatic N) is 2. The predicted molar refractivity (Wildman–Crippen MR) is 127 cm³/mol. The Labute approximate surface area is 193 Å². The summed E-state index contributed by atoms with van der Waals surface area (Å²) < 4.78 is 11.8. The molecule has 0 fully saturated rings. The van der Waals surface area contributed by atoms with Gasteiger partial charge in [-0.3, -0.25) is 9.59 Å². The minimum atomic E-state index is -0.331. The molecule has 0 saturated carbocycles. The molecule has 1 heterocycles. The fourth-order valence-electron chi connectivity index (χ4n) is 3.26. The highest BCUT2D eigenvalue weighted by molar-refractivity contribution is 8.14. The van der Waals surface area contributed by atoms with E-state index in [1.807, 2.05) is 24.3 Å². The molecule has 2 amide bonds. The lowest BCUT2D eigenvalue weighted by molar-refractivity contribution is -0.129. The van der Waals surface area contributed by atoms with Gasteiger partial charge in [-0.15, -0.1) is 5.10 Å². The van der Waals surface area contributed by atoms with E-state index in [1.54, 1.807) is 0 Å². The van der Waals surface area contributed by atoms with Crippen molar-refractivity contribution in [2.75, 3.05) is 13.2 Å². The Balaban J connectivity index is 1.56. The average Bonchev–Trinajstić information content (AvgIpc) is 3.15. The summed E-state index contributed by atoms with van der Waals surface area (Å²) in [5.41, 5.74) is 3.24. The summed E-state index contributed by atoms with van der Waals surface area (Å²) in [5.74, 6) is 1.58. The fraction of sp³-hybridized carbons (Fsp3) is 0.375. The third kappa shape index (κ3) is 6.03. The van der Waals surface area contributed by atoms with Crippen LogP contribution in [0.5, 0.6) is 11.5 Å². The number of hydrazone groups is 1. The SMILES string of the molecule is CC(=O)NC1=NN(C(C)=O)[C@@H](c2ccc(OCCOc3cc(C)ccc3C(C)C)cc2)S1. The minimum Gasteiger partial charge on any atom is -0.490 e. The van der Waals surface area contributed by atoms with E-state index in [0.717, 1.165) is 16.9 Å². The van der Waals surface area contributed by atoms with E-state index < -0.39 is 0 Å². The Bertz CT molecular complexity index is 1000. The van der Waals surface area contributed by atoms with Gasteiger partial charge in [-0.25, -0.2) is 5.01 Å². The third-order valence-corrected chi connectivity index (χ3v) is 5.92. The molecule has 2 aromatic carbocycles. The molecule has 1 aliphatic rings. The van der Waals surface area contributed by atoms with Gasteiger partial charge in [-0.1, -0.05) is 49.9 Å². The van der Waals surface area contributed by atoms with Gasteiger partial charge in [0.25, 0.3) is 0 Å². The molecule has 2 aromatic rings. The molecule has 0 radical (unpaired) electrons. The Morgan fingerprint density at radius 3 is 2.41 bits per heavy atom. The van der Waals surface area contributed by atoms with E-state index in [2.05, 4.69) is 49.4 Å². The van der Waals surface area contributed by atoms with E-state index in [0.29, 0.717) is 30.0 Å². The van der Waals surface area contributed by atoms with Crippen molar-refractivity contribution in [2.45, 2.75) is 45.9 Å². The summed E-state index contributed by atoms with van der Waals surface area (Å²) >= 11 is 1.32. The number of benzene rings is 2. The Morgan fingerprint density at radius 1 is 1.09 bits per heavy atom. The van der Waals surface area contributed by atoms with Gasteiger partial charge in [0.2, 0.25) is 11.8 Å².